The molecule has 0 aromatic carbocycles. The molecule has 0 amide bonds. The molecule has 0 unspecified atom stereocenters. The van der Waals surface area contributed by atoms with Crippen LogP contribution in [0, 0.1) is 12.3 Å². The molecule has 1 saturated heterocycles. The number of thiophene rings is 1. The molecule has 1 aliphatic heterocycles. The quantitative estimate of drug-likeness (QED) is 0.903. The monoisotopic (exact) mass is 345 g/mol. The van der Waals surface area contributed by atoms with Crippen molar-refractivity contribution >= 4 is 21.6 Å². The second-order valence-electron chi connectivity index (χ2n) is 8.14. The highest BCUT2D eigenvalue weighted by molar-refractivity contribution is 7.18. The van der Waals surface area contributed by atoms with Crippen molar-refractivity contribution in [2.24, 2.45) is 5.41 Å². The van der Waals surface area contributed by atoms with E-state index in [1.165, 1.54) is 35.9 Å². The minimum atomic E-state index is 0.481. The van der Waals surface area contributed by atoms with Gasteiger partial charge in [-0.25, -0.2) is 9.97 Å². The van der Waals surface area contributed by atoms with Gasteiger partial charge in [-0.05, 0) is 50.0 Å². The lowest BCUT2D eigenvalue weighted by atomic mass is 9.73. The van der Waals surface area contributed by atoms with Crippen LogP contribution in [0.4, 0.5) is 0 Å². The number of hydrogen-bond donors (Lipinski definition) is 1. The molecule has 1 aliphatic carbocycles. The van der Waals surface area contributed by atoms with Gasteiger partial charge in [0.15, 0.2) is 0 Å². The number of nitrogens with zero attached hydrogens (tertiary/aromatic N) is 2. The lowest BCUT2D eigenvalue weighted by molar-refractivity contribution is -0.00586. The number of ether oxygens (including phenoxy) is 1. The fourth-order valence-electron chi connectivity index (χ4n) is 3.73. The molecular formula is C19H27N3OS. The van der Waals surface area contributed by atoms with Crippen molar-refractivity contribution in [2.75, 3.05) is 13.2 Å². The summed E-state index contributed by atoms with van der Waals surface area (Å²) in [5, 5.41) is 4.79. The van der Waals surface area contributed by atoms with Crippen molar-refractivity contribution in [1.29, 1.82) is 0 Å². The number of hydrogen-bond acceptors (Lipinski definition) is 5. The third kappa shape index (κ3) is 3.35. The highest BCUT2D eigenvalue weighted by Crippen LogP contribution is 2.45. The molecule has 0 atom stereocenters. The van der Waals surface area contributed by atoms with Gasteiger partial charge in [0.2, 0.25) is 0 Å². The molecule has 3 heterocycles. The molecule has 2 aromatic heterocycles. The summed E-state index contributed by atoms with van der Waals surface area (Å²) in [5.41, 5.74) is 1.66. The van der Waals surface area contributed by atoms with E-state index in [-0.39, 0.29) is 0 Å². The van der Waals surface area contributed by atoms with Crippen LogP contribution >= 0.6 is 11.3 Å². The van der Waals surface area contributed by atoms with E-state index in [4.69, 9.17) is 14.7 Å². The lowest BCUT2D eigenvalue weighted by Gasteiger charge is -2.33. The van der Waals surface area contributed by atoms with E-state index in [0.29, 0.717) is 17.4 Å². The molecule has 4 rings (SSSR count). The summed E-state index contributed by atoms with van der Waals surface area (Å²) >= 11 is 1.88. The zero-order chi connectivity index (χ0) is 16.7. The maximum atomic E-state index is 5.24. The topological polar surface area (TPSA) is 47.0 Å². The van der Waals surface area contributed by atoms with Gasteiger partial charge in [0.1, 0.15) is 10.7 Å². The molecule has 2 fully saturated rings. The van der Waals surface area contributed by atoms with E-state index in [0.717, 1.165) is 36.1 Å². The fraction of sp³-hybridized carbons (Fsp3) is 0.684. The Hall–Kier alpha value is -1.04. The van der Waals surface area contributed by atoms with Gasteiger partial charge in [0, 0.05) is 16.8 Å². The van der Waals surface area contributed by atoms with Crippen molar-refractivity contribution < 1.29 is 4.74 Å². The van der Waals surface area contributed by atoms with E-state index < -0.39 is 0 Å². The summed E-state index contributed by atoms with van der Waals surface area (Å²) in [6, 6.07) is 2.85. The Morgan fingerprint density at radius 3 is 2.67 bits per heavy atom. The zero-order valence-electron chi connectivity index (χ0n) is 14.9. The van der Waals surface area contributed by atoms with Gasteiger partial charge in [0.25, 0.3) is 0 Å². The maximum absolute atomic E-state index is 5.24. The molecule has 0 bridgehead atoms. The van der Waals surface area contributed by atoms with Gasteiger partial charge >= 0.3 is 0 Å². The van der Waals surface area contributed by atoms with Gasteiger partial charge in [-0.1, -0.05) is 13.8 Å². The highest BCUT2D eigenvalue weighted by atomic mass is 32.1. The Bertz CT molecular complexity index is 726. The molecule has 0 radical (unpaired) electrons. The summed E-state index contributed by atoms with van der Waals surface area (Å²) in [7, 11) is 0. The number of rotatable bonds is 4. The number of aryl methyl sites for hydroxylation is 1. The average molecular weight is 346 g/mol. The predicted octanol–water partition coefficient (Wildman–Crippen LogP) is 4.17. The van der Waals surface area contributed by atoms with E-state index in [2.05, 4.69) is 25.2 Å². The van der Waals surface area contributed by atoms with Crippen molar-refractivity contribution in [3.05, 3.63) is 22.5 Å². The van der Waals surface area contributed by atoms with Crippen LogP contribution in [0.15, 0.2) is 6.07 Å². The summed E-state index contributed by atoms with van der Waals surface area (Å²) in [6.07, 6.45) is 5.26. The first-order valence-corrected chi connectivity index (χ1v) is 9.90. The van der Waals surface area contributed by atoms with Crippen LogP contribution in [-0.2, 0) is 11.3 Å². The Kier molecular flexibility index (Phi) is 4.35. The summed E-state index contributed by atoms with van der Waals surface area (Å²) in [6.45, 7) is 9.24. The largest absolute Gasteiger partial charge is 0.378 e. The van der Waals surface area contributed by atoms with Crippen LogP contribution in [0.1, 0.15) is 61.8 Å². The molecule has 2 aromatic rings. The molecule has 130 valence electrons. The molecule has 0 spiro atoms. The van der Waals surface area contributed by atoms with Gasteiger partial charge in [-0.3, -0.25) is 0 Å². The summed E-state index contributed by atoms with van der Waals surface area (Å²) in [5.74, 6) is 1.58. The first-order valence-electron chi connectivity index (χ1n) is 9.08. The van der Waals surface area contributed by atoms with Crippen LogP contribution in [0.2, 0.25) is 0 Å². The van der Waals surface area contributed by atoms with Gasteiger partial charge < -0.3 is 10.1 Å². The van der Waals surface area contributed by atoms with Crippen LogP contribution in [-0.4, -0.2) is 29.2 Å². The molecule has 1 N–H and O–H groups in total. The highest BCUT2D eigenvalue weighted by Gasteiger charge is 2.29. The third-order valence-corrected chi connectivity index (χ3v) is 6.73. The molecule has 2 aliphatic rings. The van der Waals surface area contributed by atoms with Crippen molar-refractivity contribution in [1.82, 2.24) is 15.3 Å². The summed E-state index contributed by atoms with van der Waals surface area (Å²) < 4.78 is 5.24. The number of nitrogens with one attached hydrogen (secondary N) is 1. The van der Waals surface area contributed by atoms with E-state index >= 15 is 0 Å². The first kappa shape index (κ1) is 16.4. The Labute approximate surface area is 148 Å². The average Bonchev–Trinajstić information content (AvgIpc) is 2.89. The minimum Gasteiger partial charge on any atom is -0.378 e. The van der Waals surface area contributed by atoms with E-state index in [1.54, 1.807) is 0 Å². The van der Waals surface area contributed by atoms with E-state index in [9.17, 15) is 0 Å². The normalized spacial score (nSPS) is 22.0. The SMILES string of the molecule is Cc1nc(CNC2COC2)c2cc(C3CCC(C)(C)CC3)sc2n1. The van der Waals surface area contributed by atoms with Crippen LogP contribution in [0.5, 0.6) is 0 Å². The molecule has 5 heteroatoms. The van der Waals surface area contributed by atoms with Crippen LogP contribution < -0.4 is 5.32 Å². The zero-order valence-corrected chi connectivity index (χ0v) is 15.7. The minimum absolute atomic E-state index is 0.481. The molecular weight excluding hydrogens is 318 g/mol. The maximum Gasteiger partial charge on any atom is 0.127 e. The Balaban J connectivity index is 1.57. The molecule has 4 nitrogen and oxygen atoms in total. The first-order chi connectivity index (χ1) is 11.5. The van der Waals surface area contributed by atoms with Gasteiger partial charge in [-0.2, -0.15) is 0 Å². The molecule has 1 saturated carbocycles. The smallest absolute Gasteiger partial charge is 0.127 e. The van der Waals surface area contributed by atoms with Crippen LogP contribution in [0.3, 0.4) is 0 Å². The second kappa shape index (κ2) is 6.36. The second-order valence-corrected chi connectivity index (χ2v) is 9.20. The number of fused-ring (bicyclic) bond motifs is 1. The van der Waals surface area contributed by atoms with Crippen molar-refractivity contribution in [3.63, 3.8) is 0 Å². The van der Waals surface area contributed by atoms with Gasteiger partial charge in [-0.15, -0.1) is 11.3 Å². The van der Waals surface area contributed by atoms with Crippen LogP contribution in [0.25, 0.3) is 10.2 Å². The summed E-state index contributed by atoms with van der Waals surface area (Å²) in [4.78, 5) is 12.1. The van der Waals surface area contributed by atoms with E-state index in [1.807, 2.05) is 18.3 Å². The molecule has 24 heavy (non-hydrogen) atoms. The third-order valence-electron chi connectivity index (χ3n) is 5.54. The predicted molar refractivity (Wildman–Crippen MR) is 98.6 cm³/mol. The lowest BCUT2D eigenvalue weighted by Crippen LogP contribution is -2.45. The number of aromatic nitrogens is 2. The Morgan fingerprint density at radius 2 is 2.00 bits per heavy atom. The fourth-order valence-corrected chi connectivity index (χ4v) is 5.00. The van der Waals surface area contributed by atoms with Crippen molar-refractivity contribution in [2.45, 2.75) is 65.0 Å². The Morgan fingerprint density at radius 1 is 1.25 bits per heavy atom. The van der Waals surface area contributed by atoms with Crippen molar-refractivity contribution in [3.8, 4) is 0 Å². The van der Waals surface area contributed by atoms with Gasteiger partial charge in [0.05, 0.1) is 24.9 Å². The standard InChI is InChI=1S/C19H27N3OS/c1-12-21-16(9-20-14-10-23-11-14)15-8-17(24-18(15)22-12)13-4-6-19(2,3)7-5-13/h8,13-14,20H,4-7,9-11H2,1-3H3.